The van der Waals surface area contributed by atoms with Crippen LogP contribution < -0.4 is 5.32 Å². The van der Waals surface area contributed by atoms with Crippen LogP contribution in [0.1, 0.15) is 32.6 Å². The van der Waals surface area contributed by atoms with Crippen molar-refractivity contribution in [2.24, 2.45) is 5.41 Å². The van der Waals surface area contributed by atoms with Crippen LogP contribution in [0.3, 0.4) is 0 Å². The van der Waals surface area contributed by atoms with E-state index in [1.807, 2.05) is 0 Å². The van der Waals surface area contributed by atoms with Gasteiger partial charge >= 0.3 is 6.29 Å². The monoisotopic (exact) mass is 327 g/mol. The van der Waals surface area contributed by atoms with Crippen molar-refractivity contribution in [2.75, 3.05) is 6.61 Å². The number of hydrogen-bond donors (Lipinski definition) is 1. The van der Waals surface area contributed by atoms with E-state index in [0.717, 1.165) is 31.8 Å². The van der Waals surface area contributed by atoms with E-state index in [4.69, 9.17) is 4.74 Å². The molecule has 0 atom stereocenters. The zero-order chi connectivity index (χ0) is 16.9. The standard InChI is InChI=1S/C16H19F2NO4/c1-10(6-12-11(2)22-16(17,18)23-12)21-7-13(20)19-15-5-4-14(3,8-15)9-15/h6H,1-2,4-5,7-9H2,3H3,(H,19,20)/b12-6+. The average Bonchev–Trinajstić information content (AvgIpc) is 2.95. The van der Waals surface area contributed by atoms with E-state index in [2.05, 4.69) is 34.9 Å². The highest BCUT2D eigenvalue weighted by atomic mass is 19.3. The first kappa shape index (κ1) is 15.8. The minimum atomic E-state index is -3.74. The number of alkyl halides is 2. The highest BCUT2D eigenvalue weighted by Crippen LogP contribution is 2.60. The van der Waals surface area contributed by atoms with Crippen molar-refractivity contribution < 1.29 is 27.8 Å². The van der Waals surface area contributed by atoms with Gasteiger partial charge in [-0.2, -0.15) is 0 Å². The van der Waals surface area contributed by atoms with Gasteiger partial charge in [0, 0.05) is 11.6 Å². The second-order valence-corrected chi connectivity index (χ2v) is 6.85. The Balaban J connectivity index is 1.46. The summed E-state index contributed by atoms with van der Waals surface area (Å²) in [6, 6.07) is 0. The van der Waals surface area contributed by atoms with E-state index in [0.29, 0.717) is 5.41 Å². The molecule has 4 rings (SSSR count). The lowest BCUT2D eigenvalue weighted by Crippen LogP contribution is -2.55. The minimum absolute atomic E-state index is 0.0139. The molecule has 0 unspecified atom stereocenters. The van der Waals surface area contributed by atoms with Gasteiger partial charge in [0.05, 0.1) is 0 Å². The highest BCUT2D eigenvalue weighted by molar-refractivity contribution is 5.78. The van der Waals surface area contributed by atoms with Gasteiger partial charge in [-0.25, -0.2) is 0 Å². The molecule has 1 aliphatic heterocycles. The maximum Gasteiger partial charge on any atom is 0.586 e. The summed E-state index contributed by atoms with van der Waals surface area (Å²) in [6.45, 7) is 8.83. The molecule has 3 aliphatic carbocycles. The Hall–Kier alpha value is -2.05. The third-order valence-electron chi connectivity index (χ3n) is 4.57. The fourth-order valence-electron chi connectivity index (χ4n) is 3.82. The van der Waals surface area contributed by atoms with Gasteiger partial charge in [-0.3, -0.25) is 4.79 Å². The molecule has 4 fully saturated rings. The van der Waals surface area contributed by atoms with Crippen LogP contribution in [0.25, 0.3) is 0 Å². The van der Waals surface area contributed by atoms with Gasteiger partial charge in [0.2, 0.25) is 0 Å². The summed E-state index contributed by atoms with van der Waals surface area (Å²) < 4.78 is 39.2. The minimum Gasteiger partial charge on any atom is -0.484 e. The quantitative estimate of drug-likeness (QED) is 0.789. The topological polar surface area (TPSA) is 56.8 Å². The van der Waals surface area contributed by atoms with E-state index in [9.17, 15) is 13.6 Å². The van der Waals surface area contributed by atoms with Crippen molar-refractivity contribution in [3.05, 3.63) is 36.5 Å². The molecule has 1 amide bonds. The number of nitrogens with one attached hydrogen (secondary N) is 1. The van der Waals surface area contributed by atoms with E-state index in [1.54, 1.807) is 0 Å². The lowest BCUT2D eigenvalue weighted by molar-refractivity contribution is -0.326. The molecule has 1 heterocycles. The van der Waals surface area contributed by atoms with Gasteiger partial charge in [0.15, 0.2) is 18.1 Å². The molecular formula is C16H19F2NO4. The zero-order valence-corrected chi connectivity index (χ0v) is 12.9. The van der Waals surface area contributed by atoms with Crippen molar-refractivity contribution in [2.45, 2.75) is 44.4 Å². The molecule has 0 aromatic heterocycles. The summed E-state index contributed by atoms with van der Waals surface area (Å²) in [7, 11) is 0. The average molecular weight is 327 g/mol. The van der Waals surface area contributed by atoms with E-state index in [-0.39, 0.29) is 35.3 Å². The number of allylic oxidation sites excluding steroid dienone is 1. The van der Waals surface area contributed by atoms with Gasteiger partial charge in [-0.05, 0) is 31.1 Å². The normalized spacial score (nSPS) is 35.3. The smallest absolute Gasteiger partial charge is 0.484 e. The molecule has 1 N–H and O–H groups in total. The Labute approximate surface area is 133 Å². The Morgan fingerprint density at radius 2 is 2.09 bits per heavy atom. The van der Waals surface area contributed by atoms with Crippen LogP contribution in [0.15, 0.2) is 36.5 Å². The predicted molar refractivity (Wildman–Crippen MR) is 76.9 cm³/mol. The van der Waals surface area contributed by atoms with Crippen molar-refractivity contribution in [1.29, 1.82) is 0 Å². The van der Waals surface area contributed by atoms with Crippen LogP contribution in [-0.4, -0.2) is 24.3 Å². The molecule has 0 spiro atoms. The molecular weight excluding hydrogens is 308 g/mol. The van der Waals surface area contributed by atoms with Crippen molar-refractivity contribution in [1.82, 2.24) is 5.32 Å². The molecule has 3 saturated carbocycles. The molecule has 0 aromatic carbocycles. The third-order valence-corrected chi connectivity index (χ3v) is 4.57. The number of carbonyl (C=O) groups is 1. The van der Waals surface area contributed by atoms with Crippen LogP contribution in [-0.2, 0) is 19.0 Å². The molecule has 0 radical (unpaired) electrons. The largest absolute Gasteiger partial charge is 0.586 e. The van der Waals surface area contributed by atoms with Crippen LogP contribution in [0.4, 0.5) is 8.78 Å². The first-order chi connectivity index (χ1) is 10.6. The van der Waals surface area contributed by atoms with E-state index >= 15 is 0 Å². The van der Waals surface area contributed by atoms with Crippen LogP contribution >= 0.6 is 0 Å². The first-order valence-corrected chi connectivity index (χ1v) is 7.40. The van der Waals surface area contributed by atoms with E-state index < -0.39 is 6.29 Å². The summed E-state index contributed by atoms with van der Waals surface area (Å²) in [4.78, 5) is 12.0. The molecule has 1 saturated heterocycles. The number of rotatable bonds is 5. The SMILES string of the molecule is C=C(/C=C1/OC(F)(F)OC1=C)OCC(=O)NC12CCC(C)(C1)C2. The zero-order valence-electron chi connectivity index (χ0n) is 12.9. The predicted octanol–water partition coefficient (Wildman–Crippen LogP) is 2.96. The maximum absolute atomic E-state index is 12.8. The Bertz CT molecular complexity index is 605. The van der Waals surface area contributed by atoms with E-state index in [1.165, 1.54) is 0 Å². The molecule has 2 bridgehead atoms. The van der Waals surface area contributed by atoms with Gasteiger partial charge < -0.3 is 19.5 Å². The Kier molecular flexibility index (Phi) is 3.42. The van der Waals surface area contributed by atoms with Crippen LogP contribution in [0.5, 0.6) is 0 Å². The number of amides is 1. The van der Waals surface area contributed by atoms with Crippen molar-refractivity contribution >= 4 is 5.91 Å². The van der Waals surface area contributed by atoms with Gasteiger partial charge in [-0.15, -0.1) is 8.78 Å². The highest BCUT2D eigenvalue weighted by Gasteiger charge is 2.58. The number of ether oxygens (including phenoxy) is 3. The summed E-state index contributed by atoms with van der Waals surface area (Å²) in [5.41, 5.74) is 0.279. The van der Waals surface area contributed by atoms with Crippen LogP contribution in [0.2, 0.25) is 0 Å². The number of hydrogen-bond acceptors (Lipinski definition) is 4. The second-order valence-electron chi connectivity index (χ2n) is 6.85. The van der Waals surface area contributed by atoms with Crippen LogP contribution in [0, 0.1) is 5.41 Å². The maximum atomic E-state index is 12.8. The Morgan fingerprint density at radius 1 is 1.39 bits per heavy atom. The van der Waals surface area contributed by atoms with Gasteiger partial charge in [-0.1, -0.05) is 20.1 Å². The first-order valence-electron chi connectivity index (χ1n) is 7.40. The molecule has 126 valence electrons. The number of halogens is 2. The number of carbonyl (C=O) groups excluding carboxylic acids is 1. The summed E-state index contributed by atoms with van der Waals surface area (Å²) in [6.07, 6.45) is 1.48. The van der Waals surface area contributed by atoms with Gasteiger partial charge in [0.1, 0.15) is 5.76 Å². The molecule has 5 nitrogen and oxygen atoms in total. The van der Waals surface area contributed by atoms with Crippen molar-refractivity contribution in [3.8, 4) is 0 Å². The summed E-state index contributed by atoms with van der Waals surface area (Å²) >= 11 is 0. The molecule has 0 aromatic rings. The summed E-state index contributed by atoms with van der Waals surface area (Å²) in [5, 5.41) is 3.00. The Morgan fingerprint density at radius 3 is 2.61 bits per heavy atom. The van der Waals surface area contributed by atoms with Gasteiger partial charge in [0.25, 0.3) is 5.91 Å². The fourth-order valence-corrected chi connectivity index (χ4v) is 3.82. The second kappa shape index (κ2) is 4.97. The molecule has 4 aliphatic rings. The molecule has 23 heavy (non-hydrogen) atoms. The summed E-state index contributed by atoms with van der Waals surface area (Å²) in [5.74, 6) is -0.825. The third kappa shape index (κ3) is 3.18. The lowest BCUT2D eigenvalue weighted by atomic mass is 9.66. The number of fused-ring (bicyclic) bond motifs is 1. The lowest BCUT2D eigenvalue weighted by Gasteiger charge is -2.45. The fraction of sp³-hybridized carbons (Fsp3) is 0.562. The van der Waals surface area contributed by atoms with Crippen molar-refractivity contribution in [3.63, 3.8) is 0 Å². The molecule has 7 heteroatoms.